The van der Waals surface area contributed by atoms with Gasteiger partial charge in [0.25, 0.3) is 0 Å². The van der Waals surface area contributed by atoms with Crippen LogP contribution in [0.4, 0.5) is 10.5 Å². The lowest BCUT2D eigenvalue weighted by Gasteiger charge is -2.23. The normalized spacial score (nSPS) is 11.9. The Labute approximate surface area is 146 Å². The zero-order valence-corrected chi connectivity index (χ0v) is 15.1. The first-order valence-corrected chi connectivity index (χ1v) is 8.39. The minimum atomic E-state index is -0.287. The van der Waals surface area contributed by atoms with Gasteiger partial charge in [-0.05, 0) is 37.7 Å². The average molecular weight is 349 g/mol. The summed E-state index contributed by atoms with van der Waals surface area (Å²) in [4.78, 5) is 15.5. The van der Waals surface area contributed by atoms with Crippen LogP contribution in [0.3, 0.4) is 0 Å². The maximum atomic E-state index is 12.2. The quantitative estimate of drug-likeness (QED) is 0.806. The van der Waals surface area contributed by atoms with Crippen molar-refractivity contribution in [2.75, 3.05) is 40.2 Å². The van der Waals surface area contributed by atoms with E-state index in [9.17, 15) is 4.79 Å². The van der Waals surface area contributed by atoms with Gasteiger partial charge in [0.05, 0.1) is 25.9 Å². The van der Waals surface area contributed by atoms with Gasteiger partial charge in [-0.15, -0.1) is 11.3 Å². The molecule has 6 nitrogen and oxygen atoms in total. The minimum Gasteiger partial charge on any atom is -0.497 e. The average Bonchev–Trinajstić information content (AvgIpc) is 3.08. The standard InChI is InChI=1S/C17H23N3O3S/c1-20(2)14(16-6-5-9-24-16)11-18-17(21)19-13-10-12(22-3)7-8-15(13)23-4/h5-10,14H,11H2,1-4H3,(H2,18,19,21)/t14-/m1/s1. The Morgan fingerprint density at radius 3 is 2.62 bits per heavy atom. The van der Waals surface area contributed by atoms with Crippen molar-refractivity contribution in [2.24, 2.45) is 0 Å². The Bertz CT molecular complexity index is 659. The molecule has 0 unspecified atom stereocenters. The van der Waals surface area contributed by atoms with Gasteiger partial charge in [0.15, 0.2) is 0 Å². The highest BCUT2D eigenvalue weighted by Gasteiger charge is 2.17. The number of amides is 2. The molecule has 0 radical (unpaired) electrons. The largest absolute Gasteiger partial charge is 0.497 e. The molecular weight excluding hydrogens is 326 g/mol. The summed E-state index contributed by atoms with van der Waals surface area (Å²) in [5.74, 6) is 1.23. The van der Waals surface area contributed by atoms with Crippen LogP contribution in [0.1, 0.15) is 10.9 Å². The molecule has 2 aromatic rings. The molecule has 1 aromatic carbocycles. The van der Waals surface area contributed by atoms with E-state index in [0.29, 0.717) is 23.7 Å². The van der Waals surface area contributed by atoms with Gasteiger partial charge in [0, 0.05) is 17.5 Å². The first kappa shape index (κ1) is 18.1. The van der Waals surface area contributed by atoms with E-state index in [4.69, 9.17) is 9.47 Å². The molecule has 7 heteroatoms. The Balaban J connectivity index is 2.00. The Hall–Kier alpha value is -2.25. The van der Waals surface area contributed by atoms with Crippen LogP contribution in [0.15, 0.2) is 35.7 Å². The monoisotopic (exact) mass is 349 g/mol. The molecule has 0 fully saturated rings. The summed E-state index contributed by atoms with van der Waals surface area (Å²) < 4.78 is 10.4. The topological polar surface area (TPSA) is 62.8 Å². The number of hydrogen-bond acceptors (Lipinski definition) is 5. The number of rotatable bonds is 7. The predicted octanol–water partition coefficient (Wildman–Crippen LogP) is 3.19. The highest BCUT2D eigenvalue weighted by atomic mass is 32.1. The smallest absolute Gasteiger partial charge is 0.319 e. The third-order valence-electron chi connectivity index (χ3n) is 3.61. The maximum Gasteiger partial charge on any atom is 0.319 e. The molecule has 0 bridgehead atoms. The fourth-order valence-electron chi connectivity index (χ4n) is 2.29. The fraction of sp³-hybridized carbons (Fsp3) is 0.353. The predicted molar refractivity (Wildman–Crippen MR) is 97.3 cm³/mol. The van der Waals surface area contributed by atoms with Crippen LogP contribution >= 0.6 is 11.3 Å². The number of nitrogens with zero attached hydrogens (tertiary/aromatic N) is 1. The molecule has 0 saturated carbocycles. The zero-order valence-electron chi connectivity index (χ0n) is 14.3. The lowest BCUT2D eigenvalue weighted by molar-refractivity contribution is 0.244. The second-order valence-corrected chi connectivity index (χ2v) is 6.38. The van der Waals surface area contributed by atoms with Crippen LogP contribution in [0, 0.1) is 0 Å². The second-order valence-electron chi connectivity index (χ2n) is 5.40. The van der Waals surface area contributed by atoms with E-state index in [1.165, 1.54) is 4.88 Å². The van der Waals surface area contributed by atoms with Crippen LogP contribution < -0.4 is 20.1 Å². The van der Waals surface area contributed by atoms with E-state index in [1.54, 1.807) is 43.8 Å². The summed E-state index contributed by atoms with van der Waals surface area (Å²) in [5, 5.41) is 7.75. The molecule has 0 aliphatic rings. The Morgan fingerprint density at radius 2 is 2.04 bits per heavy atom. The van der Waals surface area contributed by atoms with E-state index >= 15 is 0 Å². The van der Waals surface area contributed by atoms with Gasteiger partial charge in [-0.1, -0.05) is 6.07 Å². The SMILES string of the molecule is COc1ccc(OC)c(NC(=O)NC[C@H](c2cccs2)N(C)C)c1. The summed E-state index contributed by atoms with van der Waals surface area (Å²) in [6.45, 7) is 0.506. The minimum absolute atomic E-state index is 0.128. The first-order valence-electron chi connectivity index (χ1n) is 7.52. The molecule has 2 N–H and O–H groups in total. The molecule has 130 valence electrons. The Kier molecular flexibility index (Phi) is 6.45. The lowest BCUT2D eigenvalue weighted by atomic mass is 10.2. The van der Waals surface area contributed by atoms with E-state index < -0.39 is 0 Å². The molecule has 2 amide bonds. The van der Waals surface area contributed by atoms with Gasteiger partial charge in [-0.3, -0.25) is 0 Å². The van der Waals surface area contributed by atoms with Crippen molar-refractivity contribution in [2.45, 2.75) is 6.04 Å². The molecule has 1 aromatic heterocycles. The zero-order chi connectivity index (χ0) is 17.5. The number of carbonyl (C=O) groups is 1. The number of hydrogen-bond donors (Lipinski definition) is 2. The highest BCUT2D eigenvalue weighted by Crippen LogP contribution is 2.29. The number of carbonyl (C=O) groups excluding carboxylic acids is 1. The van der Waals surface area contributed by atoms with Gasteiger partial charge in [0.1, 0.15) is 11.5 Å². The second kappa shape index (κ2) is 8.56. The number of likely N-dealkylation sites (N-methyl/N-ethyl adjacent to an activating group) is 1. The molecule has 1 atom stereocenters. The number of ether oxygens (including phenoxy) is 2. The van der Waals surface area contributed by atoms with Crippen LogP contribution in [0.25, 0.3) is 0 Å². The van der Waals surface area contributed by atoms with Crippen molar-refractivity contribution < 1.29 is 14.3 Å². The fourth-order valence-corrected chi connectivity index (χ4v) is 3.21. The van der Waals surface area contributed by atoms with Crippen molar-refractivity contribution in [1.29, 1.82) is 0 Å². The summed E-state index contributed by atoms with van der Waals surface area (Å²) in [6, 6.07) is 9.18. The van der Waals surface area contributed by atoms with Crippen molar-refractivity contribution in [3.63, 3.8) is 0 Å². The van der Waals surface area contributed by atoms with Gasteiger partial charge < -0.3 is 25.0 Å². The summed E-state index contributed by atoms with van der Waals surface area (Å²) in [7, 11) is 7.13. The van der Waals surface area contributed by atoms with Crippen molar-refractivity contribution in [3.8, 4) is 11.5 Å². The van der Waals surface area contributed by atoms with E-state index in [2.05, 4.69) is 21.6 Å². The van der Waals surface area contributed by atoms with Gasteiger partial charge in [0.2, 0.25) is 0 Å². The number of benzene rings is 1. The van der Waals surface area contributed by atoms with Gasteiger partial charge in [-0.25, -0.2) is 4.79 Å². The molecule has 0 aliphatic carbocycles. The molecule has 0 spiro atoms. The highest BCUT2D eigenvalue weighted by molar-refractivity contribution is 7.10. The number of methoxy groups -OCH3 is 2. The molecule has 24 heavy (non-hydrogen) atoms. The number of urea groups is 1. The van der Waals surface area contributed by atoms with E-state index in [0.717, 1.165) is 0 Å². The van der Waals surface area contributed by atoms with Crippen LogP contribution in [-0.2, 0) is 0 Å². The van der Waals surface area contributed by atoms with Crippen LogP contribution in [0.5, 0.6) is 11.5 Å². The summed E-state index contributed by atoms with van der Waals surface area (Å²) in [5.41, 5.74) is 0.562. The molecule has 2 rings (SSSR count). The summed E-state index contributed by atoms with van der Waals surface area (Å²) >= 11 is 1.68. The van der Waals surface area contributed by atoms with Gasteiger partial charge in [-0.2, -0.15) is 0 Å². The lowest BCUT2D eigenvalue weighted by Crippen LogP contribution is -2.36. The number of anilines is 1. The van der Waals surface area contributed by atoms with Crippen molar-refractivity contribution in [1.82, 2.24) is 10.2 Å². The number of thiophene rings is 1. The number of nitrogens with one attached hydrogen (secondary N) is 2. The van der Waals surface area contributed by atoms with E-state index in [1.807, 2.05) is 25.5 Å². The molecule has 1 heterocycles. The van der Waals surface area contributed by atoms with Crippen molar-refractivity contribution in [3.05, 3.63) is 40.6 Å². The Morgan fingerprint density at radius 1 is 1.25 bits per heavy atom. The molecule has 0 aliphatic heterocycles. The van der Waals surface area contributed by atoms with Gasteiger partial charge >= 0.3 is 6.03 Å². The third-order valence-corrected chi connectivity index (χ3v) is 4.58. The third kappa shape index (κ3) is 4.62. The van der Waals surface area contributed by atoms with Crippen LogP contribution in [-0.4, -0.2) is 45.8 Å². The van der Waals surface area contributed by atoms with E-state index in [-0.39, 0.29) is 12.1 Å². The summed E-state index contributed by atoms with van der Waals surface area (Å²) in [6.07, 6.45) is 0. The first-order chi connectivity index (χ1) is 11.5. The van der Waals surface area contributed by atoms with Crippen LogP contribution in [0.2, 0.25) is 0 Å². The maximum absolute atomic E-state index is 12.2. The molecule has 0 saturated heterocycles. The van der Waals surface area contributed by atoms with Crippen molar-refractivity contribution >= 4 is 23.1 Å². The molecular formula is C17H23N3O3S.